The molecule has 0 aliphatic carbocycles. The van der Waals surface area contributed by atoms with Crippen LogP contribution in [-0.2, 0) is 20.0 Å². The van der Waals surface area contributed by atoms with Crippen LogP contribution in [-0.4, -0.2) is 40.3 Å². The number of nitrogens with one attached hydrogen (secondary N) is 1. The molecule has 2 heterocycles. The second kappa shape index (κ2) is 7.12. The number of piperidine rings is 1. The van der Waals surface area contributed by atoms with Crippen LogP contribution in [0.5, 0.6) is 0 Å². The van der Waals surface area contributed by atoms with E-state index in [0.29, 0.717) is 12.8 Å². The third kappa shape index (κ3) is 3.93. The van der Waals surface area contributed by atoms with E-state index < -0.39 is 25.9 Å². The fourth-order valence-electron chi connectivity index (χ4n) is 2.70. The fourth-order valence-corrected chi connectivity index (χ4v) is 6.55. The van der Waals surface area contributed by atoms with Crippen molar-refractivity contribution in [1.29, 1.82) is 0 Å². The first-order chi connectivity index (χ1) is 11.8. The van der Waals surface area contributed by atoms with Crippen molar-refractivity contribution in [3.63, 3.8) is 0 Å². The van der Waals surface area contributed by atoms with Gasteiger partial charge >= 0.3 is 0 Å². The number of hydrogen-bond donors (Lipinski definition) is 1. The van der Waals surface area contributed by atoms with Gasteiger partial charge in [0.1, 0.15) is 14.9 Å². The molecule has 3 rings (SSSR count). The van der Waals surface area contributed by atoms with Crippen LogP contribution in [0.3, 0.4) is 0 Å². The van der Waals surface area contributed by atoms with E-state index in [1.807, 2.05) is 0 Å². The molecule has 136 valence electrons. The zero-order valence-electron chi connectivity index (χ0n) is 13.1. The van der Waals surface area contributed by atoms with Gasteiger partial charge in [0.05, 0.1) is 0 Å². The summed E-state index contributed by atoms with van der Waals surface area (Å²) in [6.45, 7) is 0.266. The van der Waals surface area contributed by atoms with E-state index in [9.17, 15) is 21.2 Å². The van der Waals surface area contributed by atoms with E-state index in [-0.39, 0.29) is 28.2 Å². The van der Waals surface area contributed by atoms with Crippen LogP contribution in [0.15, 0.2) is 50.9 Å². The molecule has 1 aliphatic heterocycles. The van der Waals surface area contributed by atoms with Crippen LogP contribution < -0.4 is 4.72 Å². The van der Waals surface area contributed by atoms with E-state index in [4.69, 9.17) is 0 Å². The fraction of sp³-hybridized carbons (Fsp3) is 0.333. The molecule has 10 heteroatoms. The highest BCUT2D eigenvalue weighted by molar-refractivity contribution is 7.91. The highest BCUT2D eigenvalue weighted by Gasteiger charge is 2.32. The Bertz CT molecular complexity index is 935. The van der Waals surface area contributed by atoms with Crippen LogP contribution in [0, 0.1) is 5.82 Å². The molecule has 0 saturated carbocycles. The first kappa shape index (κ1) is 18.5. The van der Waals surface area contributed by atoms with Crippen LogP contribution in [0.4, 0.5) is 4.39 Å². The van der Waals surface area contributed by atoms with Gasteiger partial charge in [-0.15, -0.1) is 11.3 Å². The lowest BCUT2D eigenvalue weighted by Crippen LogP contribution is -2.46. The summed E-state index contributed by atoms with van der Waals surface area (Å²) in [5.74, 6) is -0.789. The van der Waals surface area contributed by atoms with Crippen LogP contribution in [0.1, 0.15) is 12.8 Å². The van der Waals surface area contributed by atoms with Gasteiger partial charge in [0.25, 0.3) is 0 Å². The van der Waals surface area contributed by atoms with E-state index in [0.717, 1.165) is 17.4 Å². The van der Waals surface area contributed by atoms with Crippen molar-refractivity contribution in [2.75, 3.05) is 13.1 Å². The standard InChI is InChI=1S/C15H17FN2O4S3/c16-13-4-1-2-5-14(13)25(21,22)18-9-7-12(8-10-18)17-24(19,20)15-6-3-11-23-15/h1-6,11-12,17H,7-10H2. The average Bonchev–Trinajstić information content (AvgIpc) is 3.11. The Balaban J connectivity index is 1.67. The van der Waals surface area contributed by atoms with Crippen molar-refractivity contribution in [2.24, 2.45) is 0 Å². The van der Waals surface area contributed by atoms with Crippen molar-refractivity contribution in [1.82, 2.24) is 9.03 Å². The molecule has 1 saturated heterocycles. The lowest BCUT2D eigenvalue weighted by atomic mass is 10.1. The molecule has 1 fully saturated rings. The second-order valence-corrected chi connectivity index (χ2v) is 10.5. The number of hydrogen-bond acceptors (Lipinski definition) is 5. The smallest absolute Gasteiger partial charge is 0.207 e. The minimum atomic E-state index is -3.92. The summed E-state index contributed by atoms with van der Waals surface area (Å²) in [4.78, 5) is -0.354. The minimum absolute atomic E-state index is 0.133. The molecule has 1 aliphatic rings. The molecule has 1 aromatic carbocycles. The third-order valence-electron chi connectivity index (χ3n) is 3.99. The lowest BCUT2D eigenvalue weighted by Gasteiger charge is -2.31. The molecule has 1 aromatic heterocycles. The topological polar surface area (TPSA) is 83.6 Å². The Morgan fingerprint density at radius 2 is 1.72 bits per heavy atom. The summed E-state index contributed by atoms with van der Waals surface area (Å²) < 4.78 is 67.4. The monoisotopic (exact) mass is 404 g/mol. The van der Waals surface area contributed by atoms with Gasteiger partial charge in [0.2, 0.25) is 20.0 Å². The molecule has 0 atom stereocenters. The van der Waals surface area contributed by atoms with E-state index >= 15 is 0 Å². The van der Waals surface area contributed by atoms with Crippen molar-refractivity contribution >= 4 is 31.4 Å². The van der Waals surface area contributed by atoms with Crippen LogP contribution >= 0.6 is 11.3 Å². The molecule has 0 bridgehead atoms. The summed E-state index contributed by atoms with van der Waals surface area (Å²) in [5.41, 5.74) is 0. The largest absolute Gasteiger partial charge is 0.250 e. The molecule has 25 heavy (non-hydrogen) atoms. The normalized spacial score (nSPS) is 17.6. The maximum Gasteiger partial charge on any atom is 0.250 e. The molecule has 2 aromatic rings. The summed E-state index contributed by atoms with van der Waals surface area (Å²) >= 11 is 1.12. The number of rotatable bonds is 5. The van der Waals surface area contributed by atoms with Gasteiger partial charge in [-0.25, -0.2) is 25.9 Å². The molecule has 0 unspecified atom stereocenters. The van der Waals surface area contributed by atoms with Gasteiger partial charge < -0.3 is 0 Å². The molecule has 0 amide bonds. The Labute approximate surface area is 150 Å². The van der Waals surface area contributed by atoms with Gasteiger partial charge in [-0.05, 0) is 36.4 Å². The lowest BCUT2D eigenvalue weighted by molar-refractivity contribution is 0.307. The number of nitrogens with zero attached hydrogens (tertiary/aromatic N) is 1. The van der Waals surface area contributed by atoms with Crippen molar-refractivity contribution in [2.45, 2.75) is 28.0 Å². The van der Waals surface area contributed by atoms with E-state index in [1.165, 1.54) is 28.6 Å². The van der Waals surface area contributed by atoms with Crippen molar-refractivity contribution < 1.29 is 21.2 Å². The number of thiophene rings is 1. The van der Waals surface area contributed by atoms with Gasteiger partial charge in [0, 0.05) is 19.1 Å². The Morgan fingerprint density at radius 3 is 2.32 bits per heavy atom. The summed E-state index contributed by atoms with van der Waals surface area (Å²) in [7, 11) is -7.51. The van der Waals surface area contributed by atoms with Crippen LogP contribution in [0.25, 0.3) is 0 Å². The van der Waals surface area contributed by atoms with E-state index in [1.54, 1.807) is 11.4 Å². The third-order valence-corrected chi connectivity index (χ3v) is 8.84. The van der Waals surface area contributed by atoms with Gasteiger partial charge in [-0.1, -0.05) is 18.2 Å². The zero-order valence-corrected chi connectivity index (χ0v) is 15.6. The Hall–Kier alpha value is -1.33. The Kier molecular flexibility index (Phi) is 5.26. The average molecular weight is 405 g/mol. The number of benzene rings is 1. The number of sulfonamides is 2. The zero-order chi connectivity index (χ0) is 18.1. The molecule has 0 spiro atoms. The highest BCUT2D eigenvalue weighted by atomic mass is 32.2. The van der Waals surface area contributed by atoms with E-state index in [2.05, 4.69) is 4.72 Å². The van der Waals surface area contributed by atoms with Crippen LogP contribution in [0.2, 0.25) is 0 Å². The molecule has 1 N–H and O–H groups in total. The predicted molar refractivity (Wildman–Crippen MR) is 92.8 cm³/mol. The molecule has 0 radical (unpaired) electrons. The summed E-state index contributed by atoms with van der Waals surface area (Å²) in [6, 6.07) is 8.07. The minimum Gasteiger partial charge on any atom is -0.207 e. The first-order valence-corrected chi connectivity index (χ1v) is 11.4. The quantitative estimate of drug-likeness (QED) is 0.826. The summed E-state index contributed by atoms with van der Waals surface area (Å²) in [6.07, 6.45) is 0.663. The predicted octanol–water partition coefficient (Wildman–Crippen LogP) is 2.02. The van der Waals surface area contributed by atoms with Gasteiger partial charge in [-0.3, -0.25) is 0 Å². The highest BCUT2D eigenvalue weighted by Crippen LogP contribution is 2.24. The molecular formula is C15H17FN2O4S3. The second-order valence-electron chi connectivity index (χ2n) is 5.66. The molecule has 6 nitrogen and oxygen atoms in total. The van der Waals surface area contributed by atoms with Gasteiger partial charge in [-0.2, -0.15) is 4.31 Å². The maximum atomic E-state index is 13.8. The number of halogens is 1. The molecular weight excluding hydrogens is 387 g/mol. The van der Waals surface area contributed by atoms with Crippen molar-refractivity contribution in [3.05, 3.63) is 47.6 Å². The van der Waals surface area contributed by atoms with Crippen molar-refractivity contribution in [3.8, 4) is 0 Å². The maximum absolute atomic E-state index is 13.8. The van der Waals surface area contributed by atoms with Gasteiger partial charge in [0.15, 0.2) is 0 Å². The Morgan fingerprint density at radius 1 is 1.04 bits per heavy atom. The summed E-state index contributed by atoms with van der Waals surface area (Å²) in [5, 5.41) is 1.68. The first-order valence-electron chi connectivity index (χ1n) is 7.61. The SMILES string of the molecule is O=S(=O)(NC1CCN(S(=O)(=O)c2ccccc2F)CC1)c1cccs1.